The highest BCUT2D eigenvalue weighted by atomic mass is 16.5. The molecule has 1 fully saturated rings. The number of aryl methyl sites for hydroxylation is 1. The van der Waals surface area contributed by atoms with Gasteiger partial charge in [-0.1, -0.05) is 0 Å². The van der Waals surface area contributed by atoms with Gasteiger partial charge >= 0.3 is 0 Å². The molecule has 0 amide bonds. The highest BCUT2D eigenvalue weighted by molar-refractivity contribution is 5.80. The summed E-state index contributed by atoms with van der Waals surface area (Å²) in [6.45, 7) is 4.91. The summed E-state index contributed by atoms with van der Waals surface area (Å²) in [5, 5.41) is 0. The minimum absolute atomic E-state index is 0.233. The predicted molar refractivity (Wildman–Crippen MR) is 97.7 cm³/mol. The molecule has 8 heteroatoms. The van der Waals surface area contributed by atoms with Gasteiger partial charge in [0.05, 0.1) is 7.11 Å². The lowest BCUT2D eigenvalue weighted by Crippen LogP contribution is -2.51. The van der Waals surface area contributed by atoms with Crippen LogP contribution in [0.5, 0.6) is 5.75 Å². The van der Waals surface area contributed by atoms with Gasteiger partial charge in [-0.3, -0.25) is 9.78 Å². The Morgan fingerprint density at radius 3 is 2.52 bits per heavy atom. The highest BCUT2D eigenvalue weighted by Crippen LogP contribution is 2.20. The molecule has 1 aromatic carbocycles. The lowest BCUT2D eigenvalue weighted by atomic mass is 10.2. The second-order valence-electron chi connectivity index (χ2n) is 5.85. The average molecular weight is 342 g/mol. The number of hydrogen-bond acceptors (Lipinski definition) is 5. The van der Waals surface area contributed by atoms with Gasteiger partial charge in [-0.2, -0.15) is 4.99 Å². The lowest BCUT2D eigenvalue weighted by molar-refractivity contribution is 0.382. The Labute approximate surface area is 146 Å². The fourth-order valence-electron chi connectivity index (χ4n) is 2.78. The number of aliphatic imine (C=N–C) groups is 1. The molecule has 0 spiro atoms. The van der Waals surface area contributed by atoms with E-state index in [1.807, 2.05) is 29.2 Å². The third-order valence-corrected chi connectivity index (χ3v) is 4.12. The Balaban J connectivity index is 1.64. The van der Waals surface area contributed by atoms with E-state index in [0.29, 0.717) is 11.7 Å². The molecular formula is C17H22N6O2. The molecule has 0 saturated carbocycles. The van der Waals surface area contributed by atoms with Crippen molar-refractivity contribution in [2.75, 3.05) is 38.2 Å². The monoisotopic (exact) mass is 342 g/mol. The SMILES string of the molecule is COc1ccc(N2CCN(/C(N)=N/c3nc(C)cc(=O)[nH]3)CC2)cc1. The summed E-state index contributed by atoms with van der Waals surface area (Å²) in [4.78, 5) is 26.8. The van der Waals surface area contributed by atoms with Gasteiger partial charge in [0.15, 0.2) is 5.96 Å². The number of H-pyrrole nitrogens is 1. The molecule has 2 heterocycles. The Morgan fingerprint density at radius 1 is 1.24 bits per heavy atom. The molecule has 8 nitrogen and oxygen atoms in total. The molecule has 1 aliphatic heterocycles. The van der Waals surface area contributed by atoms with Gasteiger partial charge in [0, 0.05) is 43.6 Å². The number of ether oxygens (including phenoxy) is 1. The van der Waals surface area contributed by atoms with Gasteiger partial charge in [0.1, 0.15) is 5.75 Å². The minimum Gasteiger partial charge on any atom is -0.497 e. The maximum absolute atomic E-state index is 11.5. The molecule has 0 aliphatic carbocycles. The number of piperazine rings is 1. The molecular weight excluding hydrogens is 320 g/mol. The molecule has 0 unspecified atom stereocenters. The van der Waals surface area contributed by atoms with Gasteiger partial charge in [-0.05, 0) is 31.2 Å². The number of methoxy groups -OCH3 is 1. The Bertz CT molecular complexity index is 807. The summed E-state index contributed by atoms with van der Waals surface area (Å²) in [5.74, 6) is 1.45. The van der Waals surface area contributed by atoms with Crippen LogP contribution in [0.25, 0.3) is 0 Å². The van der Waals surface area contributed by atoms with Crippen LogP contribution in [0.15, 0.2) is 40.1 Å². The van der Waals surface area contributed by atoms with Crippen molar-refractivity contribution < 1.29 is 4.74 Å². The van der Waals surface area contributed by atoms with E-state index < -0.39 is 0 Å². The highest BCUT2D eigenvalue weighted by Gasteiger charge is 2.19. The normalized spacial score (nSPS) is 15.4. The molecule has 2 aromatic rings. The second kappa shape index (κ2) is 7.25. The molecule has 1 saturated heterocycles. The molecule has 25 heavy (non-hydrogen) atoms. The van der Waals surface area contributed by atoms with E-state index in [-0.39, 0.29) is 11.5 Å². The van der Waals surface area contributed by atoms with Crippen LogP contribution in [0.2, 0.25) is 0 Å². The molecule has 0 bridgehead atoms. The van der Waals surface area contributed by atoms with Crippen LogP contribution in [0, 0.1) is 6.92 Å². The first-order chi connectivity index (χ1) is 12.0. The lowest BCUT2D eigenvalue weighted by Gasteiger charge is -2.36. The van der Waals surface area contributed by atoms with Gasteiger partial charge in [-0.25, -0.2) is 4.98 Å². The van der Waals surface area contributed by atoms with E-state index in [1.54, 1.807) is 14.0 Å². The van der Waals surface area contributed by atoms with Crippen LogP contribution in [0.1, 0.15) is 5.69 Å². The van der Waals surface area contributed by atoms with E-state index in [0.717, 1.165) is 37.6 Å². The first-order valence-electron chi connectivity index (χ1n) is 8.11. The van der Waals surface area contributed by atoms with Crippen molar-refractivity contribution in [3.63, 3.8) is 0 Å². The number of nitrogens with two attached hydrogens (primary N) is 1. The summed E-state index contributed by atoms with van der Waals surface area (Å²) >= 11 is 0. The number of nitrogens with zero attached hydrogens (tertiary/aromatic N) is 4. The fourth-order valence-corrected chi connectivity index (χ4v) is 2.78. The molecule has 3 N–H and O–H groups in total. The third-order valence-electron chi connectivity index (χ3n) is 4.12. The first kappa shape index (κ1) is 16.8. The van der Waals surface area contributed by atoms with Gasteiger partial charge in [0.25, 0.3) is 5.56 Å². The summed E-state index contributed by atoms with van der Waals surface area (Å²) in [6, 6.07) is 9.43. The van der Waals surface area contributed by atoms with Crippen molar-refractivity contribution >= 4 is 17.6 Å². The third kappa shape index (κ3) is 4.09. The largest absolute Gasteiger partial charge is 0.497 e. The maximum atomic E-state index is 11.5. The second-order valence-corrected chi connectivity index (χ2v) is 5.85. The number of guanidine groups is 1. The van der Waals surface area contributed by atoms with E-state index in [2.05, 4.69) is 19.9 Å². The van der Waals surface area contributed by atoms with Crippen LogP contribution in [-0.4, -0.2) is 54.1 Å². The number of nitrogens with one attached hydrogen (secondary N) is 1. The van der Waals surface area contributed by atoms with Crippen LogP contribution in [0.3, 0.4) is 0 Å². The zero-order chi connectivity index (χ0) is 17.8. The van der Waals surface area contributed by atoms with Crippen molar-refractivity contribution in [3.8, 4) is 5.75 Å². The zero-order valence-corrected chi connectivity index (χ0v) is 14.4. The fraction of sp³-hybridized carbons (Fsp3) is 0.353. The number of aromatic nitrogens is 2. The number of hydrogen-bond donors (Lipinski definition) is 2. The molecule has 1 aromatic heterocycles. The first-order valence-corrected chi connectivity index (χ1v) is 8.11. The summed E-state index contributed by atoms with van der Waals surface area (Å²) in [5.41, 5.74) is 7.61. The topological polar surface area (TPSA) is 99.8 Å². The molecule has 1 aliphatic rings. The van der Waals surface area contributed by atoms with E-state index in [1.165, 1.54) is 6.07 Å². The Morgan fingerprint density at radius 2 is 1.92 bits per heavy atom. The van der Waals surface area contributed by atoms with Gasteiger partial charge < -0.3 is 20.3 Å². The van der Waals surface area contributed by atoms with Crippen LogP contribution >= 0.6 is 0 Å². The summed E-state index contributed by atoms with van der Waals surface area (Å²) < 4.78 is 5.19. The number of benzene rings is 1. The van der Waals surface area contributed by atoms with Crippen molar-refractivity contribution in [3.05, 3.63) is 46.4 Å². The quantitative estimate of drug-likeness (QED) is 0.634. The summed E-state index contributed by atoms with van der Waals surface area (Å²) in [7, 11) is 1.66. The van der Waals surface area contributed by atoms with Crippen LogP contribution in [0.4, 0.5) is 11.6 Å². The molecule has 0 radical (unpaired) electrons. The zero-order valence-electron chi connectivity index (χ0n) is 14.4. The number of rotatable bonds is 3. The Hall–Kier alpha value is -3.03. The molecule has 0 atom stereocenters. The average Bonchev–Trinajstić information content (AvgIpc) is 2.61. The van der Waals surface area contributed by atoms with E-state index in [4.69, 9.17) is 10.5 Å². The summed E-state index contributed by atoms with van der Waals surface area (Å²) in [6.07, 6.45) is 0. The van der Waals surface area contributed by atoms with Crippen molar-refractivity contribution in [2.24, 2.45) is 10.7 Å². The van der Waals surface area contributed by atoms with Crippen molar-refractivity contribution in [1.82, 2.24) is 14.9 Å². The number of anilines is 1. The van der Waals surface area contributed by atoms with E-state index in [9.17, 15) is 4.79 Å². The molecule has 3 rings (SSSR count). The smallest absolute Gasteiger partial charge is 0.252 e. The maximum Gasteiger partial charge on any atom is 0.252 e. The standard InChI is InChI=1S/C17H22N6O2/c1-12-11-15(24)20-17(19-12)21-16(18)23-9-7-22(8-10-23)13-3-5-14(25-2)6-4-13/h3-6,11H,7-10H2,1-2H3,(H3,18,19,20,21,24). The van der Waals surface area contributed by atoms with Gasteiger partial charge in [0.2, 0.25) is 5.95 Å². The predicted octanol–water partition coefficient (Wildman–Crippen LogP) is 0.855. The van der Waals surface area contributed by atoms with Crippen molar-refractivity contribution in [1.29, 1.82) is 0 Å². The Kier molecular flexibility index (Phi) is 4.87. The van der Waals surface area contributed by atoms with Crippen LogP contribution in [-0.2, 0) is 0 Å². The van der Waals surface area contributed by atoms with Crippen molar-refractivity contribution in [2.45, 2.75) is 6.92 Å². The molecule has 132 valence electrons. The van der Waals surface area contributed by atoms with Gasteiger partial charge in [-0.15, -0.1) is 0 Å². The minimum atomic E-state index is -0.233. The van der Waals surface area contributed by atoms with E-state index >= 15 is 0 Å². The van der Waals surface area contributed by atoms with Crippen LogP contribution < -0.4 is 20.9 Å². The number of aromatic amines is 1.